The van der Waals surface area contributed by atoms with Gasteiger partial charge in [0.2, 0.25) is 0 Å². The van der Waals surface area contributed by atoms with Gasteiger partial charge in [0, 0.05) is 19.4 Å². The van der Waals surface area contributed by atoms with E-state index in [4.69, 9.17) is 4.42 Å². The predicted molar refractivity (Wildman–Crippen MR) is 59.7 cm³/mol. The smallest absolute Gasteiger partial charge is 0.395 e. The molecule has 94 valence electrons. The first-order chi connectivity index (χ1) is 8.58. The molecule has 0 aliphatic rings. The van der Waals surface area contributed by atoms with E-state index in [-0.39, 0.29) is 12.3 Å². The van der Waals surface area contributed by atoms with E-state index in [0.29, 0.717) is 5.82 Å². The van der Waals surface area contributed by atoms with Crippen molar-refractivity contribution in [1.82, 2.24) is 14.9 Å². The number of aromatic nitrogens is 2. The number of nitro groups is 1. The number of hydrogen-bond acceptors (Lipinski definition) is 5. The molecule has 2 rings (SSSR count). The van der Waals surface area contributed by atoms with Crippen LogP contribution in [0, 0.1) is 10.1 Å². The first-order valence-electron chi connectivity index (χ1n) is 5.06. The van der Waals surface area contributed by atoms with Gasteiger partial charge in [-0.1, -0.05) is 0 Å². The van der Waals surface area contributed by atoms with Crippen molar-refractivity contribution in [3.05, 3.63) is 46.2 Å². The number of H-pyrrole nitrogens is 1. The molecule has 0 spiro atoms. The molecule has 0 aliphatic carbocycles. The van der Waals surface area contributed by atoms with Crippen LogP contribution in [0.5, 0.6) is 0 Å². The van der Waals surface area contributed by atoms with E-state index >= 15 is 0 Å². The third-order valence-corrected chi connectivity index (χ3v) is 2.27. The van der Waals surface area contributed by atoms with Crippen molar-refractivity contribution in [2.75, 3.05) is 7.05 Å². The van der Waals surface area contributed by atoms with Crippen LogP contribution >= 0.6 is 0 Å². The Balaban J connectivity index is 2.08. The molecule has 1 N–H and O–H groups in total. The first-order valence-corrected chi connectivity index (χ1v) is 5.06. The molecule has 0 radical (unpaired) electrons. The Labute approximate surface area is 101 Å². The number of rotatable bonds is 4. The molecule has 0 fully saturated rings. The van der Waals surface area contributed by atoms with Gasteiger partial charge in [-0.3, -0.25) is 14.9 Å². The molecular formula is C10H10N4O4. The third kappa shape index (κ3) is 2.37. The van der Waals surface area contributed by atoms with Gasteiger partial charge in [0.05, 0.1) is 12.6 Å². The summed E-state index contributed by atoms with van der Waals surface area (Å²) in [5, 5.41) is 10.4. The number of carbonyl (C=O) groups excluding carboxylic acids is 1. The second-order valence-electron chi connectivity index (χ2n) is 3.59. The summed E-state index contributed by atoms with van der Waals surface area (Å²) in [5.41, 5.74) is 0. The van der Waals surface area contributed by atoms with Crippen LogP contribution in [0.2, 0.25) is 0 Å². The Morgan fingerprint density at radius 2 is 2.39 bits per heavy atom. The quantitative estimate of drug-likeness (QED) is 0.647. The molecule has 18 heavy (non-hydrogen) atoms. The van der Waals surface area contributed by atoms with Crippen LogP contribution < -0.4 is 0 Å². The molecule has 0 bridgehead atoms. The Morgan fingerprint density at radius 1 is 1.61 bits per heavy atom. The van der Waals surface area contributed by atoms with E-state index in [2.05, 4.69) is 9.97 Å². The van der Waals surface area contributed by atoms with E-state index in [0.717, 1.165) is 6.07 Å². The number of aromatic amines is 1. The summed E-state index contributed by atoms with van der Waals surface area (Å²) in [5.74, 6) is -0.355. The van der Waals surface area contributed by atoms with Gasteiger partial charge in [0.25, 0.3) is 5.91 Å². The van der Waals surface area contributed by atoms with Crippen molar-refractivity contribution in [2.24, 2.45) is 0 Å². The van der Waals surface area contributed by atoms with E-state index < -0.39 is 16.7 Å². The second-order valence-corrected chi connectivity index (χ2v) is 3.59. The van der Waals surface area contributed by atoms with Gasteiger partial charge < -0.3 is 14.3 Å². The fraction of sp³-hybridized carbons (Fsp3) is 0.200. The zero-order chi connectivity index (χ0) is 13.1. The van der Waals surface area contributed by atoms with Crippen LogP contribution in [-0.2, 0) is 6.54 Å². The minimum absolute atomic E-state index is 0.0734. The van der Waals surface area contributed by atoms with E-state index in [1.807, 2.05) is 0 Å². The van der Waals surface area contributed by atoms with Crippen molar-refractivity contribution >= 4 is 11.8 Å². The highest BCUT2D eigenvalue weighted by Gasteiger charge is 2.20. The summed E-state index contributed by atoms with van der Waals surface area (Å²) in [7, 11) is 1.55. The molecule has 0 aromatic carbocycles. The molecule has 0 atom stereocenters. The summed E-state index contributed by atoms with van der Waals surface area (Å²) < 4.78 is 4.83. The molecule has 0 saturated heterocycles. The van der Waals surface area contributed by atoms with Crippen molar-refractivity contribution in [2.45, 2.75) is 6.54 Å². The lowest BCUT2D eigenvalue weighted by molar-refractivity contribution is -0.402. The summed E-state index contributed by atoms with van der Waals surface area (Å²) in [6.07, 6.45) is 3.22. The van der Waals surface area contributed by atoms with Crippen LogP contribution in [0.4, 0.5) is 5.88 Å². The third-order valence-electron chi connectivity index (χ3n) is 2.27. The monoisotopic (exact) mass is 250 g/mol. The highest BCUT2D eigenvalue weighted by molar-refractivity contribution is 5.91. The Bertz CT molecular complexity index is 560. The van der Waals surface area contributed by atoms with Gasteiger partial charge in [-0.25, -0.2) is 4.98 Å². The van der Waals surface area contributed by atoms with Crippen molar-refractivity contribution in [3.63, 3.8) is 0 Å². The molecule has 8 heteroatoms. The predicted octanol–water partition coefficient (Wildman–Crippen LogP) is 1.18. The number of carbonyl (C=O) groups is 1. The van der Waals surface area contributed by atoms with Gasteiger partial charge in [-0.2, -0.15) is 0 Å². The molecule has 0 saturated carbocycles. The Morgan fingerprint density at radius 3 is 2.94 bits per heavy atom. The summed E-state index contributed by atoms with van der Waals surface area (Å²) in [4.78, 5) is 29.8. The van der Waals surface area contributed by atoms with Gasteiger partial charge in [-0.05, 0) is 6.07 Å². The SMILES string of the molecule is CN(Cc1ncc[nH]1)C(=O)c1ccc([N+](=O)[O-])o1. The Hall–Kier alpha value is -2.64. The fourth-order valence-electron chi connectivity index (χ4n) is 1.41. The van der Waals surface area contributed by atoms with E-state index in [1.54, 1.807) is 19.4 Å². The van der Waals surface area contributed by atoms with Crippen LogP contribution in [0.15, 0.2) is 28.9 Å². The van der Waals surface area contributed by atoms with Crippen molar-refractivity contribution in [3.8, 4) is 0 Å². The standard InChI is InChI=1S/C10H10N4O4/c1-13(6-8-11-4-5-12-8)10(15)7-2-3-9(18-7)14(16)17/h2-5H,6H2,1H3,(H,11,12). The second kappa shape index (κ2) is 4.70. The lowest BCUT2D eigenvalue weighted by Crippen LogP contribution is -2.26. The van der Waals surface area contributed by atoms with Crippen molar-refractivity contribution in [1.29, 1.82) is 0 Å². The van der Waals surface area contributed by atoms with E-state index in [1.165, 1.54) is 11.0 Å². The number of amides is 1. The summed E-state index contributed by atoms with van der Waals surface area (Å²) in [6.45, 7) is 0.264. The zero-order valence-corrected chi connectivity index (χ0v) is 9.49. The van der Waals surface area contributed by atoms with E-state index in [9.17, 15) is 14.9 Å². The van der Waals surface area contributed by atoms with Gasteiger partial charge in [0.1, 0.15) is 10.7 Å². The summed E-state index contributed by atoms with van der Waals surface area (Å²) in [6, 6.07) is 2.42. The molecule has 2 aromatic rings. The number of nitrogens with zero attached hydrogens (tertiary/aromatic N) is 3. The first kappa shape index (κ1) is 11.8. The minimum Gasteiger partial charge on any atom is -0.395 e. The molecule has 2 aromatic heterocycles. The molecule has 2 heterocycles. The Kier molecular flexibility index (Phi) is 3.09. The van der Waals surface area contributed by atoms with Crippen LogP contribution in [0.25, 0.3) is 0 Å². The molecule has 0 aliphatic heterocycles. The number of furan rings is 1. The van der Waals surface area contributed by atoms with Gasteiger partial charge in [-0.15, -0.1) is 0 Å². The molecule has 8 nitrogen and oxygen atoms in total. The molecular weight excluding hydrogens is 240 g/mol. The van der Waals surface area contributed by atoms with Crippen LogP contribution in [-0.4, -0.2) is 32.7 Å². The van der Waals surface area contributed by atoms with Gasteiger partial charge in [0.15, 0.2) is 5.76 Å². The topological polar surface area (TPSA) is 105 Å². The fourth-order valence-corrected chi connectivity index (χ4v) is 1.41. The lowest BCUT2D eigenvalue weighted by Gasteiger charge is -2.13. The largest absolute Gasteiger partial charge is 0.433 e. The van der Waals surface area contributed by atoms with Crippen LogP contribution in [0.1, 0.15) is 16.4 Å². The maximum absolute atomic E-state index is 11.9. The minimum atomic E-state index is -0.691. The maximum Gasteiger partial charge on any atom is 0.433 e. The average molecular weight is 250 g/mol. The summed E-state index contributed by atoms with van der Waals surface area (Å²) >= 11 is 0. The number of nitrogens with one attached hydrogen (secondary N) is 1. The zero-order valence-electron chi connectivity index (χ0n) is 9.49. The van der Waals surface area contributed by atoms with Crippen molar-refractivity contribution < 1.29 is 14.1 Å². The highest BCUT2D eigenvalue weighted by atomic mass is 16.6. The number of hydrogen-bond donors (Lipinski definition) is 1. The highest BCUT2D eigenvalue weighted by Crippen LogP contribution is 2.17. The molecule has 0 unspecified atom stereocenters. The normalized spacial score (nSPS) is 10.3. The average Bonchev–Trinajstić information content (AvgIpc) is 2.98. The lowest BCUT2D eigenvalue weighted by atomic mass is 10.4. The van der Waals surface area contributed by atoms with Gasteiger partial charge >= 0.3 is 5.88 Å². The van der Waals surface area contributed by atoms with Crippen LogP contribution in [0.3, 0.4) is 0 Å². The number of imidazole rings is 1. The molecule has 1 amide bonds. The maximum atomic E-state index is 11.9.